The Kier molecular flexibility index (Phi) is 6.12. The molecule has 0 aliphatic carbocycles. The lowest BCUT2D eigenvalue weighted by Crippen LogP contribution is -2.41. The van der Waals surface area contributed by atoms with Crippen LogP contribution in [0.5, 0.6) is 0 Å². The van der Waals surface area contributed by atoms with Gasteiger partial charge in [0, 0.05) is 13.5 Å². The second-order valence-electron chi connectivity index (χ2n) is 7.64. The summed E-state index contributed by atoms with van der Waals surface area (Å²) in [5.41, 5.74) is 0.234. The standard InChI is InChI=1S/C19H25BFNO5/c1-12(23)22-11-15(20-26-18(2,3)19(4,5)27-20)9-13-6-7-16(21)14(8-13)10-17(24)25/h6-9H,10-11H2,1-5H3,(H,22,23)(H,24,25). The van der Waals surface area contributed by atoms with Crippen molar-refractivity contribution in [3.05, 3.63) is 40.6 Å². The SMILES string of the molecule is CC(=O)NCC(=Cc1ccc(F)c(CC(=O)O)c1)B1OC(C)(C)C(C)(C)O1. The average Bonchev–Trinajstić information content (AvgIpc) is 2.74. The Balaban J connectivity index is 2.37. The van der Waals surface area contributed by atoms with Gasteiger partial charge in [0.2, 0.25) is 5.91 Å². The van der Waals surface area contributed by atoms with E-state index in [9.17, 15) is 14.0 Å². The van der Waals surface area contributed by atoms with Gasteiger partial charge in [0.25, 0.3) is 0 Å². The van der Waals surface area contributed by atoms with Crippen molar-refractivity contribution in [1.29, 1.82) is 0 Å². The lowest BCUT2D eigenvalue weighted by Gasteiger charge is -2.32. The van der Waals surface area contributed by atoms with Crippen molar-refractivity contribution in [2.24, 2.45) is 0 Å². The van der Waals surface area contributed by atoms with Crippen LogP contribution >= 0.6 is 0 Å². The molecule has 0 aromatic heterocycles. The molecule has 8 heteroatoms. The summed E-state index contributed by atoms with van der Waals surface area (Å²) in [7, 11) is -0.685. The van der Waals surface area contributed by atoms with Gasteiger partial charge in [-0.3, -0.25) is 9.59 Å². The maximum atomic E-state index is 13.8. The summed E-state index contributed by atoms with van der Waals surface area (Å²) in [4.78, 5) is 22.3. The molecule has 0 atom stereocenters. The number of rotatable bonds is 6. The molecule has 2 rings (SSSR count). The fraction of sp³-hybridized carbons (Fsp3) is 0.474. The Hall–Kier alpha value is -2.19. The van der Waals surface area contributed by atoms with Gasteiger partial charge in [0.15, 0.2) is 0 Å². The Morgan fingerprint density at radius 1 is 1.22 bits per heavy atom. The second-order valence-corrected chi connectivity index (χ2v) is 7.64. The summed E-state index contributed by atoms with van der Waals surface area (Å²) in [6.07, 6.45) is 1.31. The number of carboxylic acids is 1. The monoisotopic (exact) mass is 377 g/mol. The van der Waals surface area contributed by atoms with Crippen LogP contribution in [0, 0.1) is 5.82 Å². The van der Waals surface area contributed by atoms with E-state index >= 15 is 0 Å². The number of benzene rings is 1. The van der Waals surface area contributed by atoms with E-state index in [-0.39, 0.29) is 18.0 Å². The predicted molar refractivity (Wildman–Crippen MR) is 100 cm³/mol. The summed E-state index contributed by atoms with van der Waals surface area (Å²) in [6, 6.07) is 4.24. The Morgan fingerprint density at radius 2 is 1.81 bits per heavy atom. The summed E-state index contributed by atoms with van der Waals surface area (Å²) in [5, 5.41) is 11.6. The molecule has 1 saturated heterocycles. The van der Waals surface area contributed by atoms with Crippen molar-refractivity contribution >= 4 is 25.1 Å². The van der Waals surface area contributed by atoms with Gasteiger partial charge in [0.05, 0.1) is 17.6 Å². The number of hydrogen-bond acceptors (Lipinski definition) is 4. The van der Waals surface area contributed by atoms with E-state index in [1.165, 1.54) is 19.1 Å². The van der Waals surface area contributed by atoms with Crippen molar-refractivity contribution < 1.29 is 28.4 Å². The van der Waals surface area contributed by atoms with E-state index in [1.807, 2.05) is 27.7 Å². The normalized spacial score (nSPS) is 18.4. The Labute approximate surface area is 158 Å². The molecule has 27 heavy (non-hydrogen) atoms. The van der Waals surface area contributed by atoms with E-state index in [2.05, 4.69) is 5.32 Å². The molecule has 0 unspecified atom stereocenters. The van der Waals surface area contributed by atoms with Crippen molar-refractivity contribution in [2.45, 2.75) is 52.2 Å². The number of halogens is 1. The minimum Gasteiger partial charge on any atom is -0.481 e. The molecule has 1 aromatic rings. The van der Waals surface area contributed by atoms with Crippen LogP contribution in [0.15, 0.2) is 23.7 Å². The first kappa shape index (κ1) is 21.1. The third kappa shape index (κ3) is 5.17. The van der Waals surface area contributed by atoms with Crippen LogP contribution in [0.4, 0.5) is 4.39 Å². The molecule has 6 nitrogen and oxygen atoms in total. The van der Waals surface area contributed by atoms with Gasteiger partial charge in [0.1, 0.15) is 5.82 Å². The Morgan fingerprint density at radius 3 is 2.33 bits per heavy atom. The number of nitrogens with one attached hydrogen (secondary N) is 1. The lowest BCUT2D eigenvalue weighted by molar-refractivity contribution is -0.136. The molecule has 2 N–H and O–H groups in total. The quantitative estimate of drug-likeness (QED) is 0.745. The maximum Gasteiger partial charge on any atom is 0.492 e. The van der Waals surface area contributed by atoms with Gasteiger partial charge in [-0.2, -0.15) is 0 Å². The first-order valence-electron chi connectivity index (χ1n) is 8.72. The molecule has 1 heterocycles. The summed E-state index contributed by atoms with van der Waals surface area (Å²) >= 11 is 0. The van der Waals surface area contributed by atoms with Gasteiger partial charge in [-0.15, -0.1) is 0 Å². The summed E-state index contributed by atoms with van der Waals surface area (Å²) in [6.45, 7) is 9.29. The first-order chi connectivity index (χ1) is 12.4. The molecule has 0 saturated carbocycles. The van der Waals surface area contributed by atoms with Crippen molar-refractivity contribution in [3.8, 4) is 0 Å². The molecule has 1 fully saturated rings. The highest BCUT2D eigenvalue weighted by Gasteiger charge is 2.52. The maximum absolute atomic E-state index is 13.8. The highest BCUT2D eigenvalue weighted by atomic mass is 19.1. The van der Waals surface area contributed by atoms with Crippen LogP contribution < -0.4 is 5.32 Å². The van der Waals surface area contributed by atoms with E-state index < -0.39 is 36.5 Å². The number of aliphatic carboxylic acids is 1. The van der Waals surface area contributed by atoms with Gasteiger partial charge < -0.3 is 19.7 Å². The molecular weight excluding hydrogens is 352 g/mol. The first-order valence-corrected chi connectivity index (χ1v) is 8.72. The molecule has 1 aromatic carbocycles. The van der Waals surface area contributed by atoms with Crippen LogP contribution in [-0.4, -0.2) is 41.8 Å². The molecule has 1 aliphatic heterocycles. The van der Waals surface area contributed by atoms with Crippen molar-refractivity contribution in [1.82, 2.24) is 5.32 Å². The number of amides is 1. The molecule has 1 amide bonds. The number of carboxylic acid groups (broad SMARTS) is 1. The van der Waals surface area contributed by atoms with E-state index in [4.69, 9.17) is 14.4 Å². The zero-order valence-electron chi connectivity index (χ0n) is 16.3. The third-order valence-electron chi connectivity index (χ3n) is 4.86. The van der Waals surface area contributed by atoms with Gasteiger partial charge in [-0.25, -0.2) is 4.39 Å². The molecular formula is C19H25BFNO5. The van der Waals surface area contributed by atoms with Gasteiger partial charge in [-0.05, 0) is 56.4 Å². The van der Waals surface area contributed by atoms with Crippen LogP contribution in [0.25, 0.3) is 6.08 Å². The average molecular weight is 377 g/mol. The Bertz CT molecular complexity index is 759. The van der Waals surface area contributed by atoms with Gasteiger partial charge >= 0.3 is 13.1 Å². The topological polar surface area (TPSA) is 84.9 Å². The predicted octanol–water partition coefficient (Wildman–Crippen LogP) is 2.60. The van der Waals surface area contributed by atoms with Crippen LogP contribution in [-0.2, 0) is 25.3 Å². The third-order valence-corrected chi connectivity index (χ3v) is 4.86. The largest absolute Gasteiger partial charge is 0.492 e. The highest BCUT2D eigenvalue weighted by molar-refractivity contribution is 6.56. The summed E-state index contributed by atoms with van der Waals surface area (Å²) in [5.74, 6) is -1.89. The molecule has 0 radical (unpaired) electrons. The fourth-order valence-electron chi connectivity index (χ4n) is 2.62. The number of carbonyl (C=O) groups excluding carboxylic acids is 1. The van der Waals surface area contributed by atoms with E-state index in [0.29, 0.717) is 11.0 Å². The molecule has 1 aliphatic rings. The lowest BCUT2D eigenvalue weighted by atomic mass is 9.77. The molecule has 146 valence electrons. The number of hydrogen-bond donors (Lipinski definition) is 2. The van der Waals surface area contributed by atoms with Gasteiger partial charge in [-0.1, -0.05) is 12.1 Å². The van der Waals surface area contributed by atoms with Crippen LogP contribution in [0.1, 0.15) is 45.7 Å². The van der Waals surface area contributed by atoms with E-state index in [0.717, 1.165) is 0 Å². The molecule has 0 bridgehead atoms. The summed E-state index contributed by atoms with van der Waals surface area (Å²) < 4.78 is 25.9. The fourth-order valence-corrected chi connectivity index (χ4v) is 2.62. The smallest absolute Gasteiger partial charge is 0.481 e. The minimum atomic E-state index is -1.11. The minimum absolute atomic E-state index is 0.0871. The van der Waals surface area contributed by atoms with E-state index in [1.54, 1.807) is 12.1 Å². The highest BCUT2D eigenvalue weighted by Crippen LogP contribution is 2.38. The van der Waals surface area contributed by atoms with Crippen LogP contribution in [0.3, 0.4) is 0 Å². The van der Waals surface area contributed by atoms with Crippen molar-refractivity contribution in [3.63, 3.8) is 0 Å². The zero-order valence-corrected chi connectivity index (χ0v) is 16.3. The zero-order chi connectivity index (χ0) is 20.4. The number of carbonyl (C=O) groups is 2. The molecule has 0 spiro atoms. The van der Waals surface area contributed by atoms with Crippen molar-refractivity contribution in [2.75, 3.05) is 6.54 Å². The van der Waals surface area contributed by atoms with Crippen LogP contribution in [0.2, 0.25) is 0 Å². The second kappa shape index (κ2) is 7.82.